The lowest BCUT2D eigenvalue weighted by molar-refractivity contribution is 0.332. The molecule has 0 saturated heterocycles. The van der Waals surface area contributed by atoms with Crippen LogP contribution in [0, 0.1) is 6.92 Å². The maximum absolute atomic E-state index is 14.0. The molecule has 0 saturated carbocycles. The zero-order valence-electron chi connectivity index (χ0n) is 23.1. The highest BCUT2D eigenvalue weighted by molar-refractivity contribution is 7.87. The molecule has 14 nitrogen and oxygen atoms in total. The Morgan fingerprint density at radius 1 is 0.565 bits per heavy atom. The van der Waals surface area contributed by atoms with Gasteiger partial charge in [0.2, 0.25) is 0 Å². The molecule has 232 valence electrons. The normalized spacial score (nSPS) is 12.8. The predicted octanol–water partition coefficient (Wildman–Crippen LogP) is 2.26. The molecular weight excluding hydrogens is 664 g/mol. The Bertz CT molecular complexity index is 2830. The van der Waals surface area contributed by atoms with Gasteiger partial charge >= 0.3 is 20.2 Å². The molecule has 0 fully saturated rings. The predicted molar refractivity (Wildman–Crippen MR) is 171 cm³/mol. The van der Waals surface area contributed by atoms with Gasteiger partial charge in [0, 0.05) is 21.5 Å². The van der Waals surface area contributed by atoms with E-state index in [2.05, 4.69) is 18.5 Å². The Morgan fingerprint density at radius 2 is 0.913 bits per heavy atom. The average Bonchev–Trinajstić information content (AvgIpc) is 3.05. The quantitative estimate of drug-likeness (QED) is 0.119. The second-order valence-corrected chi connectivity index (χ2v) is 13.8. The van der Waals surface area contributed by atoms with Crippen LogP contribution in [0.2, 0.25) is 5.02 Å². The van der Waals surface area contributed by atoms with Crippen LogP contribution in [0.5, 0.6) is 0 Å². The SMILES string of the molecule is Cc1c(S(=O)(=O)ON)c2c(=O)c3ccccc3c(=O)c2c2[nH]c3c(Cl)c(S(=O)(=O)ON)c4c(=O)c5ccccc5c(=O)c4c3[nH]c12. The summed E-state index contributed by atoms with van der Waals surface area (Å²) in [5, 5.41) is -3.06. The van der Waals surface area contributed by atoms with Gasteiger partial charge in [0.1, 0.15) is 9.79 Å². The number of hydrogen-bond acceptors (Lipinski definition) is 12. The highest BCUT2D eigenvalue weighted by Crippen LogP contribution is 2.39. The van der Waals surface area contributed by atoms with Gasteiger partial charge in [-0.15, -0.1) is 0 Å². The fraction of sp³-hybridized carbons (Fsp3) is 0.0345. The molecule has 7 aromatic rings. The summed E-state index contributed by atoms with van der Waals surface area (Å²) in [6.45, 7) is 1.29. The molecule has 17 heteroatoms. The second-order valence-electron chi connectivity index (χ2n) is 10.4. The minimum Gasteiger partial charge on any atom is -0.351 e. The zero-order valence-corrected chi connectivity index (χ0v) is 25.4. The standard InChI is InChI=1S/C29H17ClN4O10S2/c1-10-20-21(15-17(28(10)45(39,40)43-31)26(37)13-8-4-2-6-11(13)24(15)35)34-23-19(30)29(46(41,42)44-32)18-16(22(23)33-20)25(36)12-7-3-5-9-14(12)27(18)38/h2-9,33-34H,31-32H2,1H3. The largest absolute Gasteiger partial charge is 0.351 e. The van der Waals surface area contributed by atoms with Gasteiger partial charge in [-0.1, -0.05) is 60.1 Å². The smallest absolute Gasteiger partial charge is 0.315 e. The highest BCUT2D eigenvalue weighted by atomic mass is 35.5. The van der Waals surface area contributed by atoms with Crippen LogP contribution in [-0.4, -0.2) is 26.8 Å². The van der Waals surface area contributed by atoms with Crippen LogP contribution in [0.1, 0.15) is 5.56 Å². The van der Waals surface area contributed by atoms with Crippen LogP contribution in [0.3, 0.4) is 0 Å². The van der Waals surface area contributed by atoms with Crippen molar-refractivity contribution in [3.8, 4) is 0 Å². The number of benzene rings is 6. The van der Waals surface area contributed by atoms with Gasteiger partial charge in [0.25, 0.3) is 0 Å². The molecule has 0 unspecified atom stereocenters. The summed E-state index contributed by atoms with van der Waals surface area (Å²) >= 11 is 6.66. The molecule has 0 aliphatic carbocycles. The molecule has 6 aromatic carbocycles. The molecule has 0 bridgehead atoms. The molecule has 0 radical (unpaired) electrons. The third-order valence-corrected chi connectivity index (χ3v) is 11.0. The van der Waals surface area contributed by atoms with Crippen molar-refractivity contribution >= 4 is 97.0 Å². The number of H-pyrrole nitrogens is 2. The first kappa shape index (κ1) is 29.9. The Morgan fingerprint density at radius 3 is 1.35 bits per heavy atom. The summed E-state index contributed by atoms with van der Waals surface area (Å²) in [5.41, 5.74) is -4.33. The highest BCUT2D eigenvalue weighted by Gasteiger charge is 2.32. The molecule has 0 aliphatic heterocycles. The molecule has 0 amide bonds. The topological polar surface area (TPSA) is 239 Å². The van der Waals surface area contributed by atoms with E-state index in [0.29, 0.717) is 0 Å². The Hall–Kier alpha value is -4.81. The van der Waals surface area contributed by atoms with Crippen LogP contribution in [-0.2, 0) is 28.8 Å². The Kier molecular flexibility index (Phi) is 6.39. The van der Waals surface area contributed by atoms with Crippen molar-refractivity contribution in [1.29, 1.82) is 0 Å². The van der Waals surface area contributed by atoms with Gasteiger partial charge in [-0.25, -0.2) is 0 Å². The van der Waals surface area contributed by atoms with Gasteiger partial charge in [-0.2, -0.15) is 37.2 Å². The van der Waals surface area contributed by atoms with Crippen LogP contribution in [0.25, 0.3) is 65.2 Å². The Labute approximate surface area is 260 Å². The molecule has 0 aliphatic rings. The first-order valence-electron chi connectivity index (χ1n) is 13.0. The van der Waals surface area contributed by atoms with E-state index in [9.17, 15) is 36.0 Å². The molecule has 1 aromatic heterocycles. The lowest BCUT2D eigenvalue weighted by atomic mass is 9.97. The van der Waals surface area contributed by atoms with Gasteiger partial charge in [0.15, 0.2) is 21.7 Å². The molecule has 0 spiro atoms. The number of hydrogen-bond donors (Lipinski definition) is 4. The monoisotopic (exact) mass is 680 g/mol. The van der Waals surface area contributed by atoms with Gasteiger partial charge in [-0.3, -0.25) is 19.2 Å². The lowest BCUT2D eigenvalue weighted by Crippen LogP contribution is -2.21. The molecule has 46 heavy (non-hydrogen) atoms. The maximum Gasteiger partial charge on any atom is 0.315 e. The summed E-state index contributed by atoms with van der Waals surface area (Å²) in [6, 6.07) is 11.4. The second kappa shape index (κ2) is 9.84. The average molecular weight is 681 g/mol. The molecule has 6 N–H and O–H groups in total. The zero-order chi connectivity index (χ0) is 33.0. The third kappa shape index (κ3) is 3.77. The van der Waals surface area contributed by atoms with Crippen LogP contribution in [0.4, 0.5) is 0 Å². The molecule has 0 atom stereocenters. The van der Waals surface area contributed by atoms with E-state index < -0.39 is 78.3 Å². The molecule has 1 heterocycles. The van der Waals surface area contributed by atoms with E-state index in [-0.39, 0.29) is 49.2 Å². The molecule has 7 rings (SSSR count). The van der Waals surface area contributed by atoms with Crippen molar-refractivity contribution in [2.75, 3.05) is 0 Å². The van der Waals surface area contributed by atoms with Crippen molar-refractivity contribution in [2.45, 2.75) is 16.7 Å². The van der Waals surface area contributed by atoms with E-state index >= 15 is 0 Å². The van der Waals surface area contributed by atoms with Gasteiger partial charge in [-0.05, 0) is 12.5 Å². The summed E-state index contributed by atoms with van der Waals surface area (Å²) in [6.07, 6.45) is 0. The number of aryl methyl sites for hydroxylation is 1. The van der Waals surface area contributed by atoms with E-state index in [0.717, 1.165) is 0 Å². The van der Waals surface area contributed by atoms with Crippen molar-refractivity contribution < 1.29 is 25.4 Å². The van der Waals surface area contributed by atoms with Crippen LogP contribution in [0.15, 0.2) is 77.5 Å². The van der Waals surface area contributed by atoms with Crippen molar-refractivity contribution in [1.82, 2.24) is 9.97 Å². The van der Waals surface area contributed by atoms with E-state index in [1.165, 1.54) is 55.5 Å². The van der Waals surface area contributed by atoms with E-state index in [4.69, 9.17) is 23.4 Å². The van der Waals surface area contributed by atoms with Crippen molar-refractivity contribution in [3.05, 3.63) is 100 Å². The van der Waals surface area contributed by atoms with E-state index in [1.54, 1.807) is 0 Å². The number of halogens is 1. The van der Waals surface area contributed by atoms with Gasteiger partial charge in [0.05, 0.1) is 48.6 Å². The molecular formula is C29H17ClN4O10S2. The number of fused-ring (bicyclic) bond motifs is 8. The van der Waals surface area contributed by atoms with Crippen LogP contribution >= 0.6 is 11.6 Å². The van der Waals surface area contributed by atoms with Crippen molar-refractivity contribution in [3.63, 3.8) is 0 Å². The number of aromatic amines is 2. The summed E-state index contributed by atoms with van der Waals surface area (Å²) in [7, 11) is -9.85. The Balaban J connectivity index is 1.90. The summed E-state index contributed by atoms with van der Waals surface area (Å²) in [4.78, 5) is 59.7. The first-order valence-corrected chi connectivity index (χ1v) is 16.2. The van der Waals surface area contributed by atoms with Gasteiger partial charge < -0.3 is 9.97 Å². The minimum absolute atomic E-state index is 0.0515. The maximum atomic E-state index is 14.0. The fourth-order valence-electron chi connectivity index (χ4n) is 6.15. The number of nitrogens with two attached hydrogens (primary N) is 2. The number of aromatic nitrogens is 2. The van der Waals surface area contributed by atoms with Crippen molar-refractivity contribution in [2.24, 2.45) is 11.8 Å². The minimum atomic E-state index is -4.98. The summed E-state index contributed by atoms with van der Waals surface area (Å²) in [5.74, 6) is 10.2. The van der Waals surface area contributed by atoms with E-state index in [1.807, 2.05) is 0 Å². The lowest BCUT2D eigenvalue weighted by Gasteiger charge is -2.17. The summed E-state index contributed by atoms with van der Waals surface area (Å²) < 4.78 is 61.3. The van der Waals surface area contributed by atoms with Crippen LogP contribution < -0.4 is 33.5 Å². The number of nitrogens with one attached hydrogen (secondary N) is 2. The number of rotatable bonds is 4. The first-order chi connectivity index (χ1) is 21.8. The third-order valence-electron chi connectivity index (χ3n) is 8.08. The fourth-order valence-corrected chi connectivity index (χ4v) is 8.55.